The molecule has 5 rings (SSSR count). The topological polar surface area (TPSA) is 59.3 Å². The molecule has 0 aliphatic carbocycles. The fourth-order valence-electron chi connectivity index (χ4n) is 4.34. The molecule has 164 valence electrons. The van der Waals surface area contributed by atoms with Crippen LogP contribution in [0.5, 0.6) is 5.75 Å². The average molecular weight is 447 g/mol. The molecule has 3 heterocycles. The fraction of sp³-hybridized carbons (Fsp3) is 0.292. The predicted molar refractivity (Wildman–Crippen MR) is 126 cm³/mol. The van der Waals surface area contributed by atoms with Gasteiger partial charge in [-0.1, -0.05) is 42.5 Å². The summed E-state index contributed by atoms with van der Waals surface area (Å²) in [6.45, 7) is 4.37. The first-order chi connectivity index (χ1) is 15.8. The number of thiophene rings is 1. The van der Waals surface area contributed by atoms with E-state index in [9.17, 15) is 0 Å². The van der Waals surface area contributed by atoms with E-state index in [-0.39, 0.29) is 6.04 Å². The maximum absolute atomic E-state index is 5.74. The van der Waals surface area contributed by atoms with Crippen molar-refractivity contribution < 1.29 is 4.74 Å². The maximum Gasteiger partial charge on any atom is 0.173 e. The Hall–Kier alpha value is -3.23. The highest BCUT2D eigenvalue weighted by Crippen LogP contribution is 2.34. The molecule has 0 radical (unpaired) electrons. The number of hydrogen-bond acceptors (Lipinski definition) is 7. The summed E-state index contributed by atoms with van der Waals surface area (Å²) in [7, 11) is 1.72. The van der Waals surface area contributed by atoms with Gasteiger partial charge < -0.3 is 9.64 Å². The first-order valence-corrected chi connectivity index (χ1v) is 11.7. The van der Waals surface area contributed by atoms with Gasteiger partial charge in [-0.15, -0.1) is 16.4 Å². The summed E-state index contributed by atoms with van der Waals surface area (Å²) in [5, 5.41) is 15.0. The summed E-state index contributed by atoms with van der Waals surface area (Å²) in [5.74, 6) is 1.70. The molecule has 2 aromatic heterocycles. The van der Waals surface area contributed by atoms with E-state index in [1.54, 1.807) is 18.4 Å². The van der Waals surface area contributed by atoms with Gasteiger partial charge in [0.15, 0.2) is 5.82 Å². The third-order valence-corrected chi connectivity index (χ3v) is 6.79. The van der Waals surface area contributed by atoms with Crippen molar-refractivity contribution in [3.8, 4) is 5.75 Å². The summed E-state index contributed by atoms with van der Waals surface area (Å²) in [6, 6.07) is 22.9. The molecule has 0 saturated carbocycles. The van der Waals surface area contributed by atoms with Crippen LogP contribution >= 0.6 is 11.3 Å². The number of hydrogen-bond donors (Lipinski definition) is 0. The number of piperazine rings is 1. The lowest BCUT2D eigenvalue weighted by molar-refractivity contribution is 0.198. The Morgan fingerprint density at radius 2 is 1.72 bits per heavy atom. The smallest absolute Gasteiger partial charge is 0.173 e. The second kappa shape index (κ2) is 9.50. The molecule has 8 heteroatoms. The van der Waals surface area contributed by atoms with Gasteiger partial charge in [-0.3, -0.25) is 4.90 Å². The quantitative estimate of drug-likeness (QED) is 0.431. The van der Waals surface area contributed by atoms with Gasteiger partial charge in [-0.05, 0) is 40.1 Å². The van der Waals surface area contributed by atoms with Crippen LogP contribution < -0.4 is 9.64 Å². The Morgan fingerprint density at radius 1 is 0.938 bits per heavy atom. The number of aromatic nitrogens is 4. The van der Waals surface area contributed by atoms with Crippen LogP contribution in [0.15, 0.2) is 72.1 Å². The zero-order chi connectivity index (χ0) is 21.8. The van der Waals surface area contributed by atoms with Crippen molar-refractivity contribution in [3.05, 3.63) is 88.4 Å². The summed E-state index contributed by atoms with van der Waals surface area (Å²) >= 11 is 1.72. The molecule has 0 bridgehead atoms. The highest BCUT2D eigenvalue weighted by atomic mass is 32.1. The molecular formula is C24H26N6OS. The van der Waals surface area contributed by atoms with Crippen LogP contribution in [0.25, 0.3) is 0 Å². The zero-order valence-corrected chi connectivity index (χ0v) is 18.9. The number of methoxy groups -OCH3 is 1. The summed E-state index contributed by atoms with van der Waals surface area (Å²) in [5.41, 5.74) is 2.36. The van der Waals surface area contributed by atoms with Crippen molar-refractivity contribution in [2.75, 3.05) is 38.2 Å². The molecule has 1 unspecified atom stereocenters. The third-order valence-electron chi connectivity index (χ3n) is 5.92. The number of ether oxygens (including phenoxy) is 1. The fourth-order valence-corrected chi connectivity index (χ4v) is 5.02. The van der Waals surface area contributed by atoms with E-state index in [4.69, 9.17) is 4.74 Å². The Kier molecular flexibility index (Phi) is 6.13. The van der Waals surface area contributed by atoms with Gasteiger partial charge in [-0.2, -0.15) is 0 Å². The summed E-state index contributed by atoms with van der Waals surface area (Å²) in [6.07, 6.45) is 0. The van der Waals surface area contributed by atoms with E-state index in [0.717, 1.165) is 43.3 Å². The Labute approximate surface area is 191 Å². The largest absolute Gasteiger partial charge is 0.496 e. The van der Waals surface area contributed by atoms with Crippen molar-refractivity contribution in [1.82, 2.24) is 25.1 Å². The van der Waals surface area contributed by atoms with Crippen molar-refractivity contribution in [2.45, 2.75) is 12.6 Å². The first-order valence-electron chi connectivity index (χ1n) is 10.8. The van der Waals surface area contributed by atoms with Crippen molar-refractivity contribution in [2.24, 2.45) is 0 Å². The number of tetrazole rings is 1. The zero-order valence-electron chi connectivity index (χ0n) is 18.0. The van der Waals surface area contributed by atoms with Crippen LogP contribution in [0, 0.1) is 0 Å². The van der Waals surface area contributed by atoms with Crippen LogP contribution in [0.1, 0.15) is 22.3 Å². The van der Waals surface area contributed by atoms with Gasteiger partial charge in [0.25, 0.3) is 0 Å². The molecule has 1 aliphatic rings. The standard InChI is InChI=1S/C24H26N6OS/c1-31-22-12-6-5-11-21(22)23(24-25-26-27-30(24)18-20-10-7-17-32-20)29-15-13-28(14-16-29)19-8-3-2-4-9-19/h2-12,17,23H,13-16,18H2,1H3. The molecule has 0 N–H and O–H groups in total. The monoisotopic (exact) mass is 446 g/mol. The highest BCUT2D eigenvalue weighted by Gasteiger charge is 2.32. The minimum absolute atomic E-state index is 0.0842. The molecular weight excluding hydrogens is 420 g/mol. The number of anilines is 1. The number of rotatable bonds is 7. The molecule has 1 atom stereocenters. The van der Waals surface area contributed by atoms with Gasteiger partial charge in [-0.25, -0.2) is 4.68 Å². The highest BCUT2D eigenvalue weighted by molar-refractivity contribution is 7.09. The molecule has 32 heavy (non-hydrogen) atoms. The lowest BCUT2D eigenvalue weighted by Gasteiger charge is -2.40. The van der Waals surface area contributed by atoms with Crippen LogP contribution in [-0.4, -0.2) is 58.4 Å². The Morgan fingerprint density at radius 3 is 2.47 bits per heavy atom. The number of benzene rings is 2. The van der Waals surface area contributed by atoms with E-state index in [1.165, 1.54) is 10.6 Å². The van der Waals surface area contributed by atoms with Crippen LogP contribution in [0.4, 0.5) is 5.69 Å². The molecule has 2 aromatic carbocycles. The van der Waals surface area contributed by atoms with Gasteiger partial charge in [0, 0.05) is 42.3 Å². The molecule has 1 saturated heterocycles. The number of para-hydroxylation sites is 2. The normalized spacial score (nSPS) is 15.6. The summed E-state index contributed by atoms with van der Waals surface area (Å²) in [4.78, 5) is 6.13. The molecule has 1 aliphatic heterocycles. The van der Waals surface area contributed by atoms with Crippen molar-refractivity contribution in [3.63, 3.8) is 0 Å². The van der Waals surface area contributed by atoms with Crippen molar-refractivity contribution >= 4 is 17.0 Å². The van der Waals surface area contributed by atoms with E-state index < -0.39 is 0 Å². The Balaban J connectivity index is 1.46. The second-order valence-corrected chi connectivity index (χ2v) is 8.81. The van der Waals surface area contributed by atoms with E-state index >= 15 is 0 Å². The average Bonchev–Trinajstić information content (AvgIpc) is 3.54. The molecule has 0 spiro atoms. The number of nitrogens with zero attached hydrogens (tertiary/aromatic N) is 6. The van der Waals surface area contributed by atoms with Crippen LogP contribution in [0.3, 0.4) is 0 Å². The third kappa shape index (κ3) is 4.24. The predicted octanol–water partition coefficient (Wildman–Crippen LogP) is 3.70. The van der Waals surface area contributed by atoms with E-state index in [0.29, 0.717) is 6.54 Å². The van der Waals surface area contributed by atoms with Gasteiger partial charge >= 0.3 is 0 Å². The van der Waals surface area contributed by atoms with E-state index in [1.807, 2.05) is 16.8 Å². The molecule has 0 amide bonds. The Bertz CT molecular complexity index is 1120. The lowest BCUT2D eigenvalue weighted by Crippen LogP contribution is -2.48. The van der Waals surface area contributed by atoms with E-state index in [2.05, 4.69) is 85.3 Å². The summed E-state index contributed by atoms with van der Waals surface area (Å²) < 4.78 is 7.66. The lowest BCUT2D eigenvalue weighted by atomic mass is 10.0. The minimum atomic E-state index is -0.0842. The maximum atomic E-state index is 5.74. The van der Waals surface area contributed by atoms with Gasteiger partial charge in [0.2, 0.25) is 0 Å². The van der Waals surface area contributed by atoms with Crippen molar-refractivity contribution in [1.29, 1.82) is 0 Å². The van der Waals surface area contributed by atoms with Gasteiger partial charge in [0.1, 0.15) is 11.8 Å². The molecule has 7 nitrogen and oxygen atoms in total. The van der Waals surface area contributed by atoms with Crippen LogP contribution in [-0.2, 0) is 6.54 Å². The van der Waals surface area contributed by atoms with Crippen LogP contribution in [0.2, 0.25) is 0 Å². The molecule has 4 aromatic rings. The minimum Gasteiger partial charge on any atom is -0.496 e. The molecule has 1 fully saturated rings. The first kappa shape index (κ1) is 20.7. The second-order valence-electron chi connectivity index (χ2n) is 7.78. The SMILES string of the molecule is COc1ccccc1C(c1nnnn1Cc1cccs1)N1CCN(c2ccccc2)CC1. The van der Waals surface area contributed by atoms with Gasteiger partial charge in [0.05, 0.1) is 13.7 Å².